The molecule has 2 amide bonds. The zero-order chi connectivity index (χ0) is 28.6. The predicted octanol–water partition coefficient (Wildman–Crippen LogP) is 2.58. The number of pyridine rings is 1. The molecule has 212 valence electrons. The molecular formula is C27H30N4O8S. The van der Waals surface area contributed by atoms with Crippen LogP contribution in [0.2, 0.25) is 0 Å². The van der Waals surface area contributed by atoms with E-state index in [0.717, 1.165) is 4.31 Å². The Bertz CT molecular complexity index is 1540. The molecular weight excluding hydrogens is 540 g/mol. The maximum Gasteiger partial charge on any atom is 0.415 e. The molecule has 1 N–H and O–H groups in total. The Morgan fingerprint density at radius 1 is 1.20 bits per heavy atom. The molecule has 3 aromatic rings. The number of amides is 2. The summed E-state index contributed by atoms with van der Waals surface area (Å²) < 4.78 is 43.8. The number of hydrogen-bond acceptors (Lipinski definition) is 9. The van der Waals surface area contributed by atoms with Gasteiger partial charge in [-0.05, 0) is 37.0 Å². The number of rotatable bonds is 8. The number of ether oxygens (including phenoxy) is 2. The highest BCUT2D eigenvalue weighted by Gasteiger charge is 2.54. The van der Waals surface area contributed by atoms with Gasteiger partial charge in [0.2, 0.25) is 5.91 Å². The van der Waals surface area contributed by atoms with Gasteiger partial charge in [-0.2, -0.15) is 4.31 Å². The Morgan fingerprint density at radius 3 is 2.70 bits per heavy atom. The van der Waals surface area contributed by atoms with Gasteiger partial charge in [0.15, 0.2) is 22.1 Å². The molecule has 4 heterocycles. The normalized spacial score (nSPS) is 20.1. The van der Waals surface area contributed by atoms with Crippen LogP contribution < -0.4 is 14.8 Å². The minimum atomic E-state index is -4.03. The number of methoxy groups -OCH3 is 1. The minimum absolute atomic E-state index is 0.0171. The van der Waals surface area contributed by atoms with Crippen molar-refractivity contribution in [2.75, 3.05) is 20.2 Å². The number of aromatic nitrogens is 1. The van der Waals surface area contributed by atoms with Crippen molar-refractivity contribution in [1.82, 2.24) is 19.5 Å². The van der Waals surface area contributed by atoms with E-state index >= 15 is 0 Å². The van der Waals surface area contributed by atoms with Crippen LogP contribution >= 0.6 is 0 Å². The van der Waals surface area contributed by atoms with Gasteiger partial charge in [-0.15, -0.1) is 0 Å². The molecule has 13 heteroatoms. The van der Waals surface area contributed by atoms with Crippen molar-refractivity contribution >= 4 is 38.8 Å². The largest absolute Gasteiger partial charge is 0.493 e. The molecule has 0 spiro atoms. The SMILES string of the molecule is COc1cccc2cc(OC(=O)NC(CC(C)C)C(=O)N3CCC4C3C(=O)CN4S(=O)(=O)c3ccccn3)oc12. The summed E-state index contributed by atoms with van der Waals surface area (Å²) in [7, 11) is -2.53. The van der Waals surface area contributed by atoms with Crippen molar-refractivity contribution in [2.24, 2.45) is 5.92 Å². The Balaban J connectivity index is 1.31. The third kappa shape index (κ3) is 5.13. The van der Waals surface area contributed by atoms with E-state index in [1.807, 2.05) is 13.8 Å². The minimum Gasteiger partial charge on any atom is -0.493 e. The van der Waals surface area contributed by atoms with E-state index in [9.17, 15) is 22.8 Å². The number of para-hydroxylation sites is 1. The fraction of sp³-hybridized carbons (Fsp3) is 0.407. The molecule has 0 bridgehead atoms. The van der Waals surface area contributed by atoms with Crippen LogP contribution in [-0.2, 0) is 19.6 Å². The second-order valence-electron chi connectivity index (χ2n) is 10.2. The summed E-state index contributed by atoms with van der Waals surface area (Å²) in [6.45, 7) is 3.61. The van der Waals surface area contributed by atoms with Gasteiger partial charge < -0.3 is 24.1 Å². The molecule has 1 aromatic carbocycles. The van der Waals surface area contributed by atoms with Crippen LogP contribution in [0.1, 0.15) is 26.7 Å². The highest BCUT2D eigenvalue weighted by Crippen LogP contribution is 2.35. The number of ketones is 1. The van der Waals surface area contributed by atoms with Crippen molar-refractivity contribution < 1.29 is 36.7 Å². The average Bonchev–Trinajstić information content (AvgIpc) is 3.62. The summed E-state index contributed by atoms with van der Waals surface area (Å²) in [5, 5.41) is 3.13. The maximum absolute atomic E-state index is 13.7. The van der Waals surface area contributed by atoms with Crippen molar-refractivity contribution in [3.8, 4) is 11.7 Å². The molecule has 0 radical (unpaired) electrons. The third-order valence-corrected chi connectivity index (χ3v) is 8.85. The number of carbonyl (C=O) groups excluding carboxylic acids is 3. The smallest absolute Gasteiger partial charge is 0.415 e. The number of sulfonamides is 1. The second kappa shape index (κ2) is 10.9. The van der Waals surface area contributed by atoms with Crippen LogP contribution in [0, 0.1) is 5.92 Å². The van der Waals surface area contributed by atoms with Gasteiger partial charge in [0, 0.05) is 24.2 Å². The Labute approximate surface area is 231 Å². The molecule has 2 aliphatic rings. The fourth-order valence-electron chi connectivity index (χ4n) is 5.34. The summed E-state index contributed by atoms with van der Waals surface area (Å²) in [6, 6.07) is 8.68. The number of likely N-dealkylation sites (tertiary alicyclic amines) is 1. The standard InChI is InChI=1S/C27H30N4O8S/c1-16(2)13-18(29-27(34)39-23-14-17-7-6-8-21(37-3)25(17)38-23)26(33)30-12-10-19-24(30)20(32)15-31(19)40(35,36)22-9-4-5-11-28-22/h4-9,11,14,16,18-19,24H,10,12-13,15H2,1-3H3,(H,29,34). The number of nitrogens with one attached hydrogen (secondary N) is 1. The molecule has 3 unspecified atom stereocenters. The summed E-state index contributed by atoms with van der Waals surface area (Å²) in [4.78, 5) is 44.9. The number of Topliss-reactive ketones (excluding diaryl/α,β-unsaturated/α-hetero) is 1. The van der Waals surface area contributed by atoms with E-state index in [-0.39, 0.29) is 48.6 Å². The van der Waals surface area contributed by atoms with Crippen molar-refractivity contribution in [2.45, 2.75) is 49.8 Å². The van der Waals surface area contributed by atoms with Crippen molar-refractivity contribution in [3.05, 3.63) is 48.7 Å². The fourth-order valence-corrected chi connectivity index (χ4v) is 6.90. The van der Waals surface area contributed by atoms with Gasteiger partial charge in [0.1, 0.15) is 12.1 Å². The number of furan rings is 1. The average molecular weight is 571 g/mol. The van der Waals surface area contributed by atoms with Crippen LogP contribution in [0.5, 0.6) is 11.7 Å². The van der Waals surface area contributed by atoms with Gasteiger partial charge in [-0.25, -0.2) is 18.2 Å². The van der Waals surface area contributed by atoms with E-state index in [1.165, 1.54) is 30.3 Å². The monoisotopic (exact) mass is 570 g/mol. The zero-order valence-electron chi connectivity index (χ0n) is 22.3. The number of hydrogen-bond donors (Lipinski definition) is 1. The first-order valence-corrected chi connectivity index (χ1v) is 14.3. The maximum atomic E-state index is 13.7. The topological polar surface area (TPSA) is 148 Å². The highest BCUT2D eigenvalue weighted by atomic mass is 32.2. The van der Waals surface area contributed by atoms with Gasteiger partial charge in [0.05, 0.1) is 19.7 Å². The van der Waals surface area contributed by atoms with E-state index in [0.29, 0.717) is 16.7 Å². The Hall–Kier alpha value is -3.97. The predicted molar refractivity (Wildman–Crippen MR) is 142 cm³/mol. The second-order valence-corrected chi connectivity index (χ2v) is 12.0. The molecule has 2 aromatic heterocycles. The third-order valence-electron chi connectivity index (χ3n) is 7.07. The van der Waals surface area contributed by atoms with Gasteiger partial charge in [-0.1, -0.05) is 32.0 Å². The first kappa shape index (κ1) is 27.6. The summed E-state index contributed by atoms with van der Waals surface area (Å²) in [5.74, 6) is -0.435. The van der Waals surface area contributed by atoms with Crippen molar-refractivity contribution in [1.29, 1.82) is 0 Å². The summed E-state index contributed by atoms with van der Waals surface area (Å²) >= 11 is 0. The zero-order valence-corrected chi connectivity index (χ0v) is 23.1. The van der Waals surface area contributed by atoms with Crippen LogP contribution in [0.3, 0.4) is 0 Å². The summed E-state index contributed by atoms with van der Waals surface area (Å²) in [6.07, 6.45) is 1.04. The Morgan fingerprint density at radius 2 is 2.00 bits per heavy atom. The lowest BCUT2D eigenvalue weighted by Crippen LogP contribution is -2.53. The number of fused-ring (bicyclic) bond motifs is 2. The first-order chi connectivity index (χ1) is 19.1. The molecule has 2 fully saturated rings. The van der Waals surface area contributed by atoms with E-state index < -0.39 is 40.1 Å². The molecule has 2 saturated heterocycles. The van der Waals surface area contributed by atoms with Crippen LogP contribution in [-0.4, -0.2) is 78.7 Å². The molecule has 0 saturated carbocycles. The molecule has 40 heavy (non-hydrogen) atoms. The van der Waals surface area contributed by atoms with E-state index in [2.05, 4.69) is 10.3 Å². The lowest BCUT2D eigenvalue weighted by molar-refractivity contribution is -0.138. The molecule has 5 rings (SSSR count). The van der Waals surface area contributed by atoms with E-state index in [1.54, 1.807) is 30.3 Å². The van der Waals surface area contributed by atoms with Crippen molar-refractivity contribution in [3.63, 3.8) is 0 Å². The lowest BCUT2D eigenvalue weighted by Gasteiger charge is -2.28. The van der Waals surface area contributed by atoms with Gasteiger partial charge in [-0.3, -0.25) is 9.59 Å². The van der Waals surface area contributed by atoms with Crippen LogP contribution in [0.4, 0.5) is 4.79 Å². The summed E-state index contributed by atoms with van der Waals surface area (Å²) in [5.41, 5.74) is 0.413. The van der Waals surface area contributed by atoms with Crippen LogP contribution in [0.25, 0.3) is 11.0 Å². The van der Waals surface area contributed by atoms with E-state index in [4.69, 9.17) is 13.9 Å². The number of carbonyl (C=O) groups is 3. The van der Waals surface area contributed by atoms with Gasteiger partial charge >= 0.3 is 6.09 Å². The number of nitrogens with zero attached hydrogens (tertiary/aromatic N) is 3. The Kier molecular flexibility index (Phi) is 7.51. The first-order valence-electron chi connectivity index (χ1n) is 12.9. The highest BCUT2D eigenvalue weighted by molar-refractivity contribution is 7.89. The molecule has 3 atom stereocenters. The lowest BCUT2D eigenvalue weighted by atomic mass is 10.0. The molecule has 12 nitrogen and oxygen atoms in total. The quantitative estimate of drug-likeness (QED) is 0.431. The molecule has 0 aliphatic carbocycles. The molecule has 2 aliphatic heterocycles. The van der Waals surface area contributed by atoms with Crippen LogP contribution in [0.15, 0.2) is 58.1 Å². The number of benzene rings is 1. The van der Waals surface area contributed by atoms with Gasteiger partial charge in [0.25, 0.3) is 16.0 Å².